The largest absolute Gasteiger partial charge is 0.399 e. The van der Waals surface area contributed by atoms with Crippen LogP contribution in [0, 0.1) is 0 Å². The van der Waals surface area contributed by atoms with Crippen LogP contribution in [-0.2, 0) is 0 Å². The van der Waals surface area contributed by atoms with Gasteiger partial charge in [0.15, 0.2) is 0 Å². The molecule has 0 radical (unpaired) electrons. The minimum atomic E-state index is 0.179. The van der Waals surface area contributed by atoms with Gasteiger partial charge in [0.2, 0.25) is 0 Å². The molecule has 4 heteroatoms. The second-order valence-electron chi connectivity index (χ2n) is 2.98. The maximum absolute atomic E-state index is 5.97. The van der Waals surface area contributed by atoms with Crippen LogP contribution in [0.2, 0.25) is 5.02 Å². The molecule has 0 saturated heterocycles. The number of thioether (sulfide) groups is 1. The molecule has 13 heavy (non-hydrogen) atoms. The van der Waals surface area contributed by atoms with Crippen molar-refractivity contribution in [1.82, 2.24) is 0 Å². The predicted octanol–water partition coefficient (Wildman–Crippen LogP) is 2.36. The maximum Gasteiger partial charge on any atom is 0.0562 e. The van der Waals surface area contributed by atoms with E-state index in [1.54, 1.807) is 17.8 Å². The monoisotopic (exact) mass is 216 g/mol. The molecule has 0 aromatic heterocycles. The zero-order valence-electron chi connectivity index (χ0n) is 7.46. The lowest BCUT2D eigenvalue weighted by molar-refractivity contribution is 0.847. The van der Waals surface area contributed by atoms with Gasteiger partial charge in [0.1, 0.15) is 0 Å². The Balaban J connectivity index is 2.67. The zero-order valence-corrected chi connectivity index (χ0v) is 9.03. The van der Waals surface area contributed by atoms with Crippen molar-refractivity contribution in [2.24, 2.45) is 5.73 Å². The van der Waals surface area contributed by atoms with Gasteiger partial charge in [-0.1, -0.05) is 11.6 Å². The molecule has 1 aromatic carbocycles. The number of anilines is 1. The average molecular weight is 217 g/mol. The van der Waals surface area contributed by atoms with E-state index in [-0.39, 0.29) is 6.04 Å². The molecule has 0 fully saturated rings. The van der Waals surface area contributed by atoms with Gasteiger partial charge >= 0.3 is 0 Å². The van der Waals surface area contributed by atoms with Gasteiger partial charge in [0.05, 0.1) is 5.02 Å². The number of nitrogens with two attached hydrogens (primary N) is 2. The van der Waals surface area contributed by atoms with Crippen molar-refractivity contribution in [3.05, 3.63) is 23.2 Å². The molecule has 0 aliphatic heterocycles. The number of hydrogen-bond acceptors (Lipinski definition) is 3. The molecule has 1 aromatic rings. The van der Waals surface area contributed by atoms with Crippen molar-refractivity contribution in [2.45, 2.75) is 17.9 Å². The highest BCUT2D eigenvalue weighted by Gasteiger charge is 2.02. The highest BCUT2D eigenvalue weighted by molar-refractivity contribution is 7.99. The van der Waals surface area contributed by atoms with Crippen LogP contribution >= 0.6 is 23.4 Å². The molecule has 0 aliphatic carbocycles. The molecule has 1 atom stereocenters. The topological polar surface area (TPSA) is 52.0 Å². The first-order chi connectivity index (χ1) is 6.09. The molecule has 0 aliphatic rings. The fourth-order valence-corrected chi connectivity index (χ4v) is 2.01. The number of halogens is 1. The van der Waals surface area contributed by atoms with Crippen LogP contribution in [0.25, 0.3) is 0 Å². The van der Waals surface area contributed by atoms with Crippen LogP contribution in [-0.4, -0.2) is 11.8 Å². The van der Waals surface area contributed by atoms with Crippen LogP contribution in [0.1, 0.15) is 6.92 Å². The number of nitrogen functional groups attached to an aromatic ring is 1. The third-order valence-corrected chi connectivity index (χ3v) is 3.24. The van der Waals surface area contributed by atoms with Crippen molar-refractivity contribution in [3.63, 3.8) is 0 Å². The molecular weight excluding hydrogens is 204 g/mol. The Bertz CT molecular complexity index is 289. The molecule has 0 amide bonds. The van der Waals surface area contributed by atoms with Gasteiger partial charge in [-0.3, -0.25) is 0 Å². The molecule has 72 valence electrons. The first kappa shape index (κ1) is 10.7. The quantitative estimate of drug-likeness (QED) is 0.603. The summed E-state index contributed by atoms with van der Waals surface area (Å²) in [6, 6.07) is 5.70. The fraction of sp³-hybridized carbons (Fsp3) is 0.333. The summed E-state index contributed by atoms with van der Waals surface area (Å²) in [5.41, 5.74) is 11.9. The zero-order chi connectivity index (χ0) is 9.84. The van der Waals surface area contributed by atoms with Crippen LogP contribution in [0.5, 0.6) is 0 Å². The average Bonchev–Trinajstić information content (AvgIpc) is 2.02. The Morgan fingerprint density at radius 3 is 2.77 bits per heavy atom. The lowest BCUT2D eigenvalue weighted by atomic mass is 10.3. The first-order valence-electron chi connectivity index (χ1n) is 4.03. The second-order valence-corrected chi connectivity index (χ2v) is 4.45. The standard InChI is InChI=1S/C9H13ClN2S/c1-6(11)5-13-9-3-2-7(12)4-8(9)10/h2-4,6H,5,11-12H2,1H3. The smallest absolute Gasteiger partial charge is 0.0562 e. The van der Waals surface area contributed by atoms with Crippen molar-refractivity contribution in [3.8, 4) is 0 Å². The summed E-state index contributed by atoms with van der Waals surface area (Å²) in [4.78, 5) is 1.04. The van der Waals surface area contributed by atoms with Gasteiger partial charge in [-0.25, -0.2) is 0 Å². The summed E-state index contributed by atoms with van der Waals surface area (Å²) >= 11 is 7.62. The number of benzene rings is 1. The SMILES string of the molecule is CC(N)CSc1ccc(N)cc1Cl. The highest BCUT2D eigenvalue weighted by Crippen LogP contribution is 2.28. The number of rotatable bonds is 3. The third kappa shape index (κ3) is 3.46. The fourth-order valence-electron chi connectivity index (χ4n) is 0.855. The first-order valence-corrected chi connectivity index (χ1v) is 5.39. The summed E-state index contributed by atoms with van der Waals surface area (Å²) in [6.07, 6.45) is 0. The molecule has 0 bridgehead atoms. The predicted molar refractivity (Wildman–Crippen MR) is 60.2 cm³/mol. The van der Waals surface area contributed by atoms with Gasteiger partial charge < -0.3 is 11.5 Å². The molecule has 0 heterocycles. The Morgan fingerprint density at radius 2 is 2.23 bits per heavy atom. The van der Waals surface area contributed by atoms with Crippen LogP contribution < -0.4 is 11.5 Å². The van der Waals surface area contributed by atoms with Gasteiger partial charge in [-0.2, -0.15) is 0 Å². The number of hydrogen-bond donors (Lipinski definition) is 2. The maximum atomic E-state index is 5.97. The molecular formula is C9H13ClN2S. The van der Waals surface area contributed by atoms with E-state index in [4.69, 9.17) is 23.1 Å². The van der Waals surface area contributed by atoms with Gasteiger partial charge in [0.25, 0.3) is 0 Å². The van der Waals surface area contributed by atoms with Crippen LogP contribution in [0.15, 0.2) is 23.1 Å². The molecule has 4 N–H and O–H groups in total. The van der Waals surface area contributed by atoms with Gasteiger partial charge in [-0.15, -0.1) is 11.8 Å². The minimum absolute atomic E-state index is 0.179. The molecule has 1 unspecified atom stereocenters. The Morgan fingerprint density at radius 1 is 1.54 bits per heavy atom. The summed E-state index contributed by atoms with van der Waals surface area (Å²) in [7, 11) is 0. The van der Waals surface area contributed by atoms with Crippen molar-refractivity contribution in [2.75, 3.05) is 11.5 Å². The van der Waals surface area contributed by atoms with E-state index in [9.17, 15) is 0 Å². The summed E-state index contributed by atoms with van der Waals surface area (Å²) in [5.74, 6) is 0.865. The normalized spacial score (nSPS) is 12.8. The van der Waals surface area contributed by atoms with Crippen molar-refractivity contribution < 1.29 is 0 Å². The highest BCUT2D eigenvalue weighted by atomic mass is 35.5. The summed E-state index contributed by atoms with van der Waals surface area (Å²) in [5, 5.41) is 0.700. The Hall–Kier alpha value is -0.380. The summed E-state index contributed by atoms with van der Waals surface area (Å²) in [6.45, 7) is 1.97. The van der Waals surface area contributed by atoms with E-state index >= 15 is 0 Å². The lowest BCUT2D eigenvalue weighted by Crippen LogP contribution is -2.17. The molecule has 0 spiro atoms. The van der Waals surface area contributed by atoms with Gasteiger partial charge in [0, 0.05) is 22.4 Å². The van der Waals surface area contributed by atoms with Crippen LogP contribution in [0.4, 0.5) is 5.69 Å². The Kier molecular flexibility index (Phi) is 3.90. The summed E-state index contributed by atoms with van der Waals surface area (Å²) < 4.78 is 0. The minimum Gasteiger partial charge on any atom is -0.399 e. The van der Waals surface area contributed by atoms with E-state index in [0.29, 0.717) is 10.7 Å². The van der Waals surface area contributed by atoms with E-state index < -0.39 is 0 Å². The van der Waals surface area contributed by atoms with Crippen LogP contribution in [0.3, 0.4) is 0 Å². The molecule has 0 saturated carbocycles. The van der Waals surface area contributed by atoms with Crippen molar-refractivity contribution in [1.29, 1.82) is 0 Å². The third-order valence-electron chi connectivity index (χ3n) is 1.46. The van der Waals surface area contributed by atoms with E-state index in [0.717, 1.165) is 10.6 Å². The van der Waals surface area contributed by atoms with Crippen molar-refractivity contribution >= 4 is 29.1 Å². The second kappa shape index (κ2) is 4.74. The lowest BCUT2D eigenvalue weighted by Gasteiger charge is -2.06. The van der Waals surface area contributed by atoms with Gasteiger partial charge in [-0.05, 0) is 25.1 Å². The van der Waals surface area contributed by atoms with E-state index in [1.165, 1.54) is 0 Å². The molecule has 2 nitrogen and oxygen atoms in total. The Labute approximate surface area is 87.6 Å². The van der Waals surface area contributed by atoms with E-state index in [2.05, 4.69) is 0 Å². The molecule has 1 rings (SSSR count). The van der Waals surface area contributed by atoms with E-state index in [1.807, 2.05) is 19.1 Å².